The van der Waals surface area contributed by atoms with E-state index in [9.17, 15) is 4.21 Å². The van der Waals surface area contributed by atoms with Gasteiger partial charge < -0.3 is 0 Å². The minimum atomic E-state index is -2.90. The maximum atomic E-state index is 13.4. The Kier molecular flexibility index (Phi) is 9.45. The number of pyridine rings is 2. The number of rotatable bonds is 10. The van der Waals surface area contributed by atoms with Gasteiger partial charge in [-0.15, -0.1) is 0 Å². The number of allylic oxidation sites excluding steroid dienone is 4. The van der Waals surface area contributed by atoms with Crippen molar-refractivity contribution in [1.29, 1.82) is 0 Å². The molecule has 0 fully saturated rings. The van der Waals surface area contributed by atoms with Crippen LogP contribution in [0.2, 0.25) is 0 Å². The molecule has 2 aromatic heterocycles. The number of halogens is 1. The molecule has 2 rings (SSSR count). The van der Waals surface area contributed by atoms with E-state index in [1.165, 1.54) is 0 Å². The molecule has 5 nitrogen and oxygen atoms in total. The third-order valence-electron chi connectivity index (χ3n) is 4.30. The average molecular weight is 534 g/mol. The number of aromatic nitrogens is 2. The molecule has 0 N–H and O–H groups in total. The molecule has 1 radical (unpaired) electrons. The number of likely N-dealkylation sites (N-methyl/N-ethyl adjacent to an activating group) is 1. The summed E-state index contributed by atoms with van der Waals surface area (Å²) in [6, 6.07) is 7.48. The van der Waals surface area contributed by atoms with Crippen molar-refractivity contribution in [2.75, 3.05) is 13.1 Å². The van der Waals surface area contributed by atoms with E-state index in [2.05, 4.69) is 39.1 Å². The molecule has 30 heavy (non-hydrogen) atoms. The van der Waals surface area contributed by atoms with E-state index < -0.39 is 9.55 Å². The number of hydrogen-bond donors (Lipinski definition) is 0. The summed E-state index contributed by atoms with van der Waals surface area (Å²) < 4.78 is 22.2. The molecule has 0 aliphatic heterocycles. The van der Waals surface area contributed by atoms with Gasteiger partial charge in [0.2, 0.25) is 0 Å². The SMILES string of the molecule is [B]=S(=O)(C(/C=C\C(=C)I)=C/C)N(CC)CC(C)Oc1cccnc1-c1ccncc1. The van der Waals surface area contributed by atoms with Gasteiger partial charge in [0.15, 0.2) is 0 Å². The third kappa shape index (κ3) is 6.62. The third-order valence-corrected chi connectivity index (χ3v) is 6.88. The fourth-order valence-electron chi connectivity index (χ4n) is 2.87. The Hall–Kier alpha value is -1.78. The molecule has 0 aromatic carbocycles. The van der Waals surface area contributed by atoms with Crippen molar-refractivity contribution < 1.29 is 8.95 Å². The van der Waals surface area contributed by atoms with Gasteiger partial charge in [-0.25, -0.2) is 0 Å². The molecule has 157 valence electrons. The quantitative estimate of drug-likeness (QED) is 0.247. The van der Waals surface area contributed by atoms with E-state index in [1.54, 1.807) is 41.1 Å². The van der Waals surface area contributed by atoms with Gasteiger partial charge in [-0.2, -0.15) is 0 Å². The van der Waals surface area contributed by atoms with E-state index in [-0.39, 0.29) is 6.10 Å². The Morgan fingerprint density at radius 1 is 1.33 bits per heavy atom. The van der Waals surface area contributed by atoms with Crippen LogP contribution in [-0.2, 0) is 9.55 Å². The van der Waals surface area contributed by atoms with Gasteiger partial charge in [0.25, 0.3) is 0 Å². The van der Waals surface area contributed by atoms with E-state index in [1.807, 2.05) is 45.0 Å². The van der Waals surface area contributed by atoms with E-state index in [4.69, 9.17) is 11.5 Å². The summed E-state index contributed by atoms with van der Waals surface area (Å²) >= 11 is 2.10. The first-order valence-electron chi connectivity index (χ1n) is 9.57. The Morgan fingerprint density at radius 2 is 2.03 bits per heavy atom. The summed E-state index contributed by atoms with van der Waals surface area (Å²) in [5.41, 5.74) is 1.66. The molecule has 0 spiro atoms. The molecule has 0 saturated carbocycles. The van der Waals surface area contributed by atoms with Crippen LogP contribution in [0, 0.1) is 0 Å². The topological polar surface area (TPSA) is 55.3 Å². The fraction of sp³-hybridized carbons (Fsp3) is 0.273. The van der Waals surface area contributed by atoms with Crippen molar-refractivity contribution in [2.45, 2.75) is 26.9 Å². The average Bonchev–Trinajstić information content (AvgIpc) is 2.73. The molecular weight excluding hydrogens is 508 g/mol. The summed E-state index contributed by atoms with van der Waals surface area (Å²) in [7, 11) is -2.90. The van der Waals surface area contributed by atoms with E-state index in [0.29, 0.717) is 23.7 Å². The molecule has 0 bridgehead atoms. The zero-order chi connectivity index (χ0) is 22.1. The molecule has 0 saturated heterocycles. The summed E-state index contributed by atoms with van der Waals surface area (Å²) in [6.45, 7) is 16.7. The number of hydrogen-bond acceptors (Lipinski definition) is 4. The van der Waals surface area contributed by atoms with Gasteiger partial charge in [-0.1, -0.05) is 0 Å². The second-order valence-corrected chi connectivity index (χ2v) is 10.0. The first-order chi connectivity index (χ1) is 14.3. The monoisotopic (exact) mass is 534 g/mol. The van der Waals surface area contributed by atoms with Crippen molar-refractivity contribution >= 4 is 38.9 Å². The Bertz CT molecular complexity index is 1020. The van der Waals surface area contributed by atoms with Crippen LogP contribution in [0.4, 0.5) is 0 Å². The Morgan fingerprint density at radius 3 is 2.63 bits per heavy atom. The van der Waals surface area contributed by atoms with Crippen LogP contribution in [0.25, 0.3) is 11.3 Å². The van der Waals surface area contributed by atoms with Crippen molar-refractivity contribution in [3.63, 3.8) is 0 Å². The van der Waals surface area contributed by atoms with Gasteiger partial charge in [0.05, 0.1) is 0 Å². The summed E-state index contributed by atoms with van der Waals surface area (Å²) in [4.78, 5) is 9.07. The van der Waals surface area contributed by atoms with E-state index in [0.717, 1.165) is 14.8 Å². The first kappa shape index (κ1) is 24.5. The van der Waals surface area contributed by atoms with Crippen LogP contribution in [0.1, 0.15) is 20.8 Å². The fourth-order valence-corrected chi connectivity index (χ4v) is 4.76. The van der Waals surface area contributed by atoms with Gasteiger partial charge in [-0.3, -0.25) is 0 Å². The van der Waals surface area contributed by atoms with Crippen LogP contribution in [0.5, 0.6) is 5.75 Å². The first-order valence-corrected chi connectivity index (χ1v) is 12.2. The zero-order valence-corrected chi connectivity index (χ0v) is 20.5. The van der Waals surface area contributed by atoms with Gasteiger partial charge in [0.1, 0.15) is 0 Å². The molecule has 0 aliphatic carbocycles. The predicted molar refractivity (Wildman–Crippen MR) is 135 cm³/mol. The molecule has 2 heterocycles. The minimum absolute atomic E-state index is 0.263. The summed E-state index contributed by atoms with van der Waals surface area (Å²) in [5, 5.41) is 0. The van der Waals surface area contributed by atoms with Gasteiger partial charge in [0, 0.05) is 0 Å². The second-order valence-electron chi connectivity index (χ2n) is 6.53. The maximum absolute atomic E-state index is 13.4. The normalized spacial score (nSPS) is 15.1. The van der Waals surface area contributed by atoms with Crippen molar-refractivity contribution in [3.05, 3.63) is 76.1 Å². The number of nitrogens with zero attached hydrogens (tertiary/aromatic N) is 3. The second kappa shape index (κ2) is 11.6. The molecule has 2 aromatic rings. The van der Waals surface area contributed by atoms with Crippen molar-refractivity contribution in [1.82, 2.24) is 14.3 Å². The van der Waals surface area contributed by atoms with Crippen LogP contribution in [0.3, 0.4) is 0 Å². The standard InChI is InChI=1S/C22H26BIN3O2S/c1-5-20(10-9-17(3)24)30(23,28)27(6-2)16-18(4)29-21-8-7-13-26-22(21)19-11-14-25-15-12-19/h5,7-15,18H,3,6,16H2,1-2,4H3/b10-9-,20-5+. The van der Waals surface area contributed by atoms with Gasteiger partial charge in [-0.05, 0) is 0 Å². The van der Waals surface area contributed by atoms with E-state index >= 15 is 0 Å². The summed E-state index contributed by atoms with van der Waals surface area (Å²) in [6.07, 6.45) is 10.2. The number of ether oxygens (including phenoxy) is 1. The molecule has 0 amide bonds. The van der Waals surface area contributed by atoms with Crippen molar-refractivity contribution in [2.24, 2.45) is 0 Å². The van der Waals surface area contributed by atoms with Gasteiger partial charge >= 0.3 is 195 Å². The Balaban J connectivity index is 2.21. The van der Waals surface area contributed by atoms with Crippen LogP contribution < -0.4 is 4.74 Å². The molecule has 2 atom stereocenters. The molecule has 2 unspecified atom stereocenters. The Labute approximate surface area is 194 Å². The predicted octanol–water partition coefficient (Wildman–Crippen LogP) is 4.92. The van der Waals surface area contributed by atoms with Crippen LogP contribution >= 0.6 is 22.6 Å². The molecule has 0 aliphatic rings. The van der Waals surface area contributed by atoms with Crippen LogP contribution in [-0.4, -0.2) is 44.4 Å². The molecular formula is C22H26BIN3O2S. The zero-order valence-electron chi connectivity index (χ0n) is 17.5. The van der Waals surface area contributed by atoms with Crippen LogP contribution in [0.15, 0.2) is 76.1 Å². The van der Waals surface area contributed by atoms with Crippen molar-refractivity contribution in [3.8, 4) is 17.0 Å². The molecule has 8 heteroatoms. The summed E-state index contributed by atoms with van der Waals surface area (Å²) in [5.74, 6) is 0.656.